The molecular formula is C12H12BrFN2O2. The molecule has 0 radical (unpaired) electrons. The monoisotopic (exact) mass is 314 g/mol. The predicted molar refractivity (Wildman–Crippen MR) is 68.9 cm³/mol. The molecule has 1 N–H and O–H groups in total. The summed E-state index contributed by atoms with van der Waals surface area (Å²) in [5.41, 5.74) is 0.322. The molecule has 0 spiro atoms. The lowest BCUT2D eigenvalue weighted by atomic mass is 10.1. The molecule has 1 aromatic rings. The molecule has 6 heteroatoms. The third kappa shape index (κ3) is 2.62. The van der Waals surface area contributed by atoms with Gasteiger partial charge in [0.2, 0.25) is 0 Å². The van der Waals surface area contributed by atoms with Crippen LogP contribution in [0.4, 0.5) is 10.1 Å². The van der Waals surface area contributed by atoms with Crippen LogP contribution in [-0.2, 0) is 4.79 Å². The van der Waals surface area contributed by atoms with E-state index in [0.717, 1.165) is 0 Å². The van der Waals surface area contributed by atoms with Gasteiger partial charge in [0.15, 0.2) is 5.82 Å². The summed E-state index contributed by atoms with van der Waals surface area (Å²) >= 11 is 3.00. The van der Waals surface area contributed by atoms with Crippen molar-refractivity contribution in [2.45, 2.75) is 19.4 Å². The van der Waals surface area contributed by atoms with Crippen LogP contribution >= 0.6 is 15.9 Å². The van der Waals surface area contributed by atoms with Gasteiger partial charge in [0.1, 0.15) is 12.1 Å². The SMILES string of the molecule is CCC(C(=O)O)N(C)c1ccc(C#N)c(Br)c1F. The normalized spacial score (nSPS) is 11.7. The van der Waals surface area contributed by atoms with E-state index in [1.54, 1.807) is 6.92 Å². The Labute approximate surface area is 113 Å². The van der Waals surface area contributed by atoms with Gasteiger partial charge in [-0.05, 0) is 34.5 Å². The van der Waals surface area contributed by atoms with E-state index in [9.17, 15) is 9.18 Å². The van der Waals surface area contributed by atoms with Crippen LogP contribution in [0.2, 0.25) is 0 Å². The lowest BCUT2D eigenvalue weighted by Crippen LogP contribution is -2.38. The molecule has 0 saturated carbocycles. The zero-order chi connectivity index (χ0) is 13.9. The minimum atomic E-state index is -1.01. The van der Waals surface area contributed by atoms with Crippen molar-refractivity contribution < 1.29 is 14.3 Å². The Balaban J connectivity index is 3.23. The minimum absolute atomic E-state index is 0.0505. The third-order valence-corrected chi connectivity index (χ3v) is 3.48. The number of carboxylic acids is 1. The highest BCUT2D eigenvalue weighted by molar-refractivity contribution is 9.10. The third-order valence-electron chi connectivity index (χ3n) is 2.70. The Morgan fingerprint density at radius 3 is 2.72 bits per heavy atom. The summed E-state index contributed by atoms with van der Waals surface area (Å²) in [4.78, 5) is 12.4. The van der Waals surface area contributed by atoms with Crippen molar-refractivity contribution in [1.82, 2.24) is 0 Å². The number of carboxylic acid groups (broad SMARTS) is 1. The molecule has 0 aliphatic heterocycles. The average Bonchev–Trinajstić information content (AvgIpc) is 2.32. The summed E-state index contributed by atoms with van der Waals surface area (Å²) in [6, 6.07) is 3.90. The van der Waals surface area contributed by atoms with Crippen molar-refractivity contribution in [1.29, 1.82) is 5.26 Å². The first-order chi connectivity index (χ1) is 8.43. The molecule has 1 aromatic carbocycles. The Morgan fingerprint density at radius 1 is 1.67 bits per heavy atom. The zero-order valence-corrected chi connectivity index (χ0v) is 11.5. The Bertz CT molecular complexity index is 514. The molecule has 1 rings (SSSR count). The smallest absolute Gasteiger partial charge is 0.326 e. The Kier molecular flexibility index (Phi) is 4.68. The molecule has 0 aromatic heterocycles. The van der Waals surface area contributed by atoms with Crippen molar-refractivity contribution in [3.05, 3.63) is 28.0 Å². The maximum Gasteiger partial charge on any atom is 0.326 e. The predicted octanol–water partition coefficient (Wildman–Crippen LogP) is 2.76. The summed E-state index contributed by atoms with van der Waals surface area (Å²) in [5.74, 6) is -1.64. The molecule has 1 unspecified atom stereocenters. The van der Waals surface area contributed by atoms with E-state index in [2.05, 4.69) is 15.9 Å². The number of anilines is 1. The van der Waals surface area contributed by atoms with Crippen LogP contribution in [0.15, 0.2) is 16.6 Å². The molecule has 0 bridgehead atoms. The number of carbonyl (C=O) groups is 1. The summed E-state index contributed by atoms with van der Waals surface area (Å²) in [5, 5.41) is 17.8. The fourth-order valence-electron chi connectivity index (χ4n) is 1.68. The fraction of sp³-hybridized carbons (Fsp3) is 0.333. The number of hydrogen-bond donors (Lipinski definition) is 1. The van der Waals surface area contributed by atoms with Crippen LogP contribution in [0.25, 0.3) is 0 Å². The van der Waals surface area contributed by atoms with Crippen LogP contribution in [0, 0.1) is 17.1 Å². The maximum absolute atomic E-state index is 14.0. The Morgan fingerprint density at radius 2 is 2.28 bits per heavy atom. The Hall–Kier alpha value is -1.61. The van der Waals surface area contributed by atoms with Gasteiger partial charge in [-0.2, -0.15) is 5.26 Å². The van der Waals surface area contributed by atoms with Crippen LogP contribution in [0.3, 0.4) is 0 Å². The van der Waals surface area contributed by atoms with Crippen molar-refractivity contribution in [3.63, 3.8) is 0 Å². The topological polar surface area (TPSA) is 64.3 Å². The summed E-state index contributed by atoms with van der Waals surface area (Å²) in [6.07, 6.45) is 0.350. The van der Waals surface area contributed by atoms with E-state index >= 15 is 0 Å². The second-order valence-corrected chi connectivity index (χ2v) is 4.54. The van der Waals surface area contributed by atoms with E-state index in [1.807, 2.05) is 6.07 Å². The highest BCUT2D eigenvalue weighted by atomic mass is 79.9. The highest BCUT2D eigenvalue weighted by Gasteiger charge is 2.24. The van der Waals surface area contributed by atoms with Crippen molar-refractivity contribution in [3.8, 4) is 6.07 Å². The maximum atomic E-state index is 14.0. The first-order valence-electron chi connectivity index (χ1n) is 5.27. The molecule has 0 fully saturated rings. The zero-order valence-electron chi connectivity index (χ0n) is 9.94. The first kappa shape index (κ1) is 14.5. The van der Waals surface area contributed by atoms with Gasteiger partial charge < -0.3 is 10.0 Å². The fourth-order valence-corrected chi connectivity index (χ4v) is 2.10. The highest BCUT2D eigenvalue weighted by Crippen LogP contribution is 2.29. The average molecular weight is 315 g/mol. The van der Waals surface area contributed by atoms with Gasteiger partial charge in [0.25, 0.3) is 0 Å². The van der Waals surface area contributed by atoms with Crippen LogP contribution in [0.5, 0.6) is 0 Å². The van der Waals surface area contributed by atoms with Crippen molar-refractivity contribution >= 4 is 27.6 Å². The van der Waals surface area contributed by atoms with Gasteiger partial charge in [-0.25, -0.2) is 9.18 Å². The molecule has 18 heavy (non-hydrogen) atoms. The molecule has 0 heterocycles. The van der Waals surface area contributed by atoms with Gasteiger partial charge >= 0.3 is 5.97 Å². The van der Waals surface area contributed by atoms with Crippen molar-refractivity contribution in [2.24, 2.45) is 0 Å². The molecule has 0 amide bonds. The first-order valence-corrected chi connectivity index (χ1v) is 6.07. The number of benzene rings is 1. The van der Waals surface area contributed by atoms with Crippen molar-refractivity contribution in [2.75, 3.05) is 11.9 Å². The van der Waals surface area contributed by atoms with Crippen LogP contribution in [-0.4, -0.2) is 24.2 Å². The number of hydrogen-bond acceptors (Lipinski definition) is 3. The molecular weight excluding hydrogens is 303 g/mol. The van der Waals surface area contributed by atoms with Crippen LogP contribution < -0.4 is 4.90 Å². The molecule has 0 aliphatic carbocycles. The van der Waals surface area contributed by atoms with E-state index in [1.165, 1.54) is 24.1 Å². The lowest BCUT2D eigenvalue weighted by Gasteiger charge is -2.26. The van der Waals surface area contributed by atoms with Gasteiger partial charge in [-0.3, -0.25) is 0 Å². The van der Waals surface area contributed by atoms with E-state index < -0.39 is 17.8 Å². The summed E-state index contributed by atoms with van der Waals surface area (Å²) in [7, 11) is 1.51. The molecule has 96 valence electrons. The van der Waals surface area contributed by atoms with E-state index in [4.69, 9.17) is 10.4 Å². The van der Waals surface area contributed by atoms with E-state index in [-0.39, 0.29) is 15.7 Å². The van der Waals surface area contributed by atoms with Gasteiger partial charge in [0.05, 0.1) is 15.7 Å². The quantitative estimate of drug-likeness (QED) is 0.928. The molecule has 1 atom stereocenters. The molecule has 0 aliphatic rings. The van der Waals surface area contributed by atoms with Gasteiger partial charge in [0, 0.05) is 7.05 Å². The molecule has 4 nitrogen and oxygen atoms in total. The van der Waals surface area contributed by atoms with Gasteiger partial charge in [-0.1, -0.05) is 6.92 Å². The number of likely N-dealkylation sites (N-methyl/N-ethyl adjacent to an activating group) is 1. The number of rotatable bonds is 4. The number of nitriles is 1. The largest absolute Gasteiger partial charge is 0.480 e. The second-order valence-electron chi connectivity index (χ2n) is 3.75. The van der Waals surface area contributed by atoms with Gasteiger partial charge in [-0.15, -0.1) is 0 Å². The summed E-state index contributed by atoms with van der Waals surface area (Å²) < 4.78 is 14.1. The minimum Gasteiger partial charge on any atom is -0.480 e. The lowest BCUT2D eigenvalue weighted by molar-refractivity contribution is -0.138. The standard InChI is InChI=1S/C12H12BrFN2O2/c1-3-8(12(17)18)16(2)9-5-4-7(6-15)10(13)11(9)14/h4-5,8H,3H2,1-2H3,(H,17,18). The number of nitrogens with zero attached hydrogens (tertiary/aromatic N) is 2. The number of halogens is 2. The number of aliphatic carboxylic acids is 1. The van der Waals surface area contributed by atoms with Crippen LogP contribution in [0.1, 0.15) is 18.9 Å². The molecule has 0 saturated heterocycles. The second kappa shape index (κ2) is 5.83. The van der Waals surface area contributed by atoms with E-state index in [0.29, 0.717) is 6.42 Å². The summed E-state index contributed by atoms with van der Waals surface area (Å²) in [6.45, 7) is 1.71.